The molecule has 2 N–H and O–H groups in total. The maximum Gasteiger partial charge on any atom is 0.231 e. The lowest BCUT2D eigenvalue weighted by Crippen LogP contribution is -1.97. The van der Waals surface area contributed by atoms with E-state index in [-0.39, 0.29) is 12.6 Å². The van der Waals surface area contributed by atoms with Crippen molar-refractivity contribution < 1.29 is 14.3 Å². The predicted molar refractivity (Wildman–Crippen MR) is 66.2 cm³/mol. The second-order valence-electron chi connectivity index (χ2n) is 3.48. The minimum atomic E-state index is 0.158. The molecular weight excluding hydrogens is 218 g/mol. The van der Waals surface area contributed by atoms with Gasteiger partial charge in [-0.3, -0.25) is 4.79 Å². The molecule has 0 amide bonds. The number of ketones is 1. The molecule has 1 aromatic rings. The third kappa shape index (κ3) is 3.52. The number of rotatable bonds is 3. The van der Waals surface area contributed by atoms with Crippen molar-refractivity contribution in [2.24, 2.45) is 5.73 Å². The molecule has 92 valence electrons. The summed E-state index contributed by atoms with van der Waals surface area (Å²) in [4.78, 5) is 11.5. The van der Waals surface area contributed by atoms with Gasteiger partial charge in [0.15, 0.2) is 17.3 Å². The molecule has 1 aliphatic heterocycles. The van der Waals surface area contributed by atoms with E-state index in [9.17, 15) is 4.79 Å². The summed E-state index contributed by atoms with van der Waals surface area (Å²) in [5.74, 6) is 1.55. The van der Waals surface area contributed by atoms with Gasteiger partial charge in [-0.05, 0) is 30.8 Å². The molecule has 0 bridgehead atoms. The maximum atomic E-state index is 11.5. The molecule has 0 atom stereocenters. The Morgan fingerprint density at radius 2 is 2.12 bits per heavy atom. The maximum absolute atomic E-state index is 11.5. The van der Waals surface area contributed by atoms with Gasteiger partial charge in [0.2, 0.25) is 6.79 Å². The monoisotopic (exact) mass is 235 g/mol. The van der Waals surface area contributed by atoms with Crippen molar-refractivity contribution in [3.8, 4) is 11.5 Å². The number of nitrogens with two attached hydrogens (primary N) is 1. The van der Waals surface area contributed by atoms with E-state index >= 15 is 0 Å². The highest BCUT2D eigenvalue weighted by atomic mass is 16.7. The van der Waals surface area contributed by atoms with Gasteiger partial charge in [-0.2, -0.15) is 0 Å². The van der Waals surface area contributed by atoms with Crippen LogP contribution in [-0.4, -0.2) is 12.6 Å². The molecule has 0 saturated heterocycles. The van der Waals surface area contributed by atoms with E-state index in [0.717, 1.165) is 12.2 Å². The molecule has 1 aliphatic rings. The van der Waals surface area contributed by atoms with Crippen molar-refractivity contribution in [2.75, 3.05) is 6.79 Å². The van der Waals surface area contributed by atoms with Gasteiger partial charge in [0.1, 0.15) is 0 Å². The zero-order valence-corrected chi connectivity index (χ0v) is 9.94. The molecule has 4 heteroatoms. The van der Waals surface area contributed by atoms with E-state index in [2.05, 4.69) is 12.3 Å². The van der Waals surface area contributed by atoms with Crippen LogP contribution < -0.4 is 15.2 Å². The molecule has 1 aromatic carbocycles. The van der Waals surface area contributed by atoms with E-state index in [1.54, 1.807) is 18.2 Å². The van der Waals surface area contributed by atoms with Crippen LogP contribution in [0.25, 0.3) is 0 Å². The highest BCUT2D eigenvalue weighted by molar-refractivity contribution is 5.96. The Balaban J connectivity index is 0.000000437. The summed E-state index contributed by atoms with van der Waals surface area (Å²) >= 11 is 0. The molecule has 0 aromatic heterocycles. The number of hydrogen-bond acceptors (Lipinski definition) is 4. The zero-order valence-electron chi connectivity index (χ0n) is 9.94. The van der Waals surface area contributed by atoms with Crippen LogP contribution in [0.2, 0.25) is 0 Å². The normalized spacial score (nSPS) is 11.4. The molecule has 1 heterocycles. The fourth-order valence-electron chi connectivity index (χ4n) is 1.44. The molecule has 0 unspecified atom stereocenters. The SMILES string of the molecule is C=CN.CCCC(=O)c1ccc2c(c1)OCO2. The highest BCUT2D eigenvalue weighted by Gasteiger charge is 2.15. The van der Waals surface area contributed by atoms with Crippen LogP contribution in [0, 0.1) is 0 Å². The Labute approximate surface area is 101 Å². The number of carbonyl (C=O) groups is 1. The molecule has 4 nitrogen and oxygen atoms in total. The van der Waals surface area contributed by atoms with Gasteiger partial charge in [-0.25, -0.2) is 0 Å². The fourth-order valence-corrected chi connectivity index (χ4v) is 1.44. The number of benzene rings is 1. The van der Waals surface area contributed by atoms with E-state index in [4.69, 9.17) is 9.47 Å². The lowest BCUT2D eigenvalue weighted by Gasteiger charge is -2.00. The van der Waals surface area contributed by atoms with E-state index < -0.39 is 0 Å². The van der Waals surface area contributed by atoms with Crippen LogP contribution in [-0.2, 0) is 0 Å². The first-order valence-corrected chi connectivity index (χ1v) is 5.48. The first-order chi connectivity index (χ1) is 8.22. The fraction of sp³-hybridized carbons (Fsp3) is 0.308. The lowest BCUT2D eigenvalue weighted by atomic mass is 10.1. The summed E-state index contributed by atoms with van der Waals surface area (Å²) in [6.07, 6.45) is 2.70. The van der Waals surface area contributed by atoms with Gasteiger partial charge in [-0.1, -0.05) is 13.5 Å². The van der Waals surface area contributed by atoms with Crippen molar-refractivity contribution in [3.05, 3.63) is 36.5 Å². The second kappa shape index (κ2) is 6.58. The third-order valence-corrected chi connectivity index (χ3v) is 2.17. The van der Waals surface area contributed by atoms with Crippen LogP contribution in [0.4, 0.5) is 0 Å². The number of hydrogen-bond donors (Lipinski definition) is 1. The van der Waals surface area contributed by atoms with Gasteiger partial charge in [0.05, 0.1) is 0 Å². The average molecular weight is 235 g/mol. The van der Waals surface area contributed by atoms with Crippen LogP contribution >= 0.6 is 0 Å². The number of ether oxygens (including phenoxy) is 2. The third-order valence-electron chi connectivity index (χ3n) is 2.17. The van der Waals surface area contributed by atoms with E-state index in [0.29, 0.717) is 17.7 Å². The van der Waals surface area contributed by atoms with Crippen LogP contribution in [0.3, 0.4) is 0 Å². The second-order valence-corrected chi connectivity index (χ2v) is 3.48. The Kier molecular flexibility index (Phi) is 5.07. The molecule has 2 rings (SSSR count). The molecule has 0 aliphatic carbocycles. The smallest absolute Gasteiger partial charge is 0.231 e. The number of Topliss-reactive ketones (excluding diaryl/α,β-unsaturated/α-hetero) is 1. The topological polar surface area (TPSA) is 61.6 Å². The molecule has 0 fully saturated rings. The Bertz CT molecular complexity index is 402. The number of fused-ring (bicyclic) bond motifs is 1. The molecular formula is C13H17NO3. The summed E-state index contributed by atoms with van der Waals surface area (Å²) < 4.78 is 10.4. The minimum Gasteiger partial charge on any atom is -0.454 e. The lowest BCUT2D eigenvalue weighted by molar-refractivity contribution is 0.0981. The number of carbonyl (C=O) groups excluding carboxylic acids is 1. The standard InChI is InChI=1S/C11H12O3.C2H5N/c1-2-3-9(12)8-4-5-10-11(6-8)14-7-13-10;1-2-3/h4-6H,2-3,7H2,1H3;2H,1,3H2. The summed E-state index contributed by atoms with van der Waals surface area (Å²) in [6.45, 7) is 5.38. The van der Waals surface area contributed by atoms with Gasteiger partial charge < -0.3 is 15.2 Å². The van der Waals surface area contributed by atoms with Crippen molar-refractivity contribution in [2.45, 2.75) is 19.8 Å². The van der Waals surface area contributed by atoms with Crippen LogP contribution in [0.1, 0.15) is 30.1 Å². The first-order valence-electron chi connectivity index (χ1n) is 5.48. The molecule has 0 saturated carbocycles. The van der Waals surface area contributed by atoms with Crippen molar-refractivity contribution in [1.29, 1.82) is 0 Å². The van der Waals surface area contributed by atoms with Gasteiger partial charge in [-0.15, -0.1) is 0 Å². The summed E-state index contributed by atoms with van der Waals surface area (Å²) in [6, 6.07) is 5.32. The van der Waals surface area contributed by atoms with Crippen molar-refractivity contribution in [1.82, 2.24) is 0 Å². The van der Waals surface area contributed by atoms with E-state index in [1.807, 2.05) is 6.92 Å². The highest BCUT2D eigenvalue weighted by Crippen LogP contribution is 2.32. The zero-order chi connectivity index (χ0) is 12.7. The van der Waals surface area contributed by atoms with Crippen molar-refractivity contribution >= 4 is 5.78 Å². The minimum absolute atomic E-state index is 0.158. The van der Waals surface area contributed by atoms with E-state index in [1.165, 1.54) is 6.20 Å². The molecule has 17 heavy (non-hydrogen) atoms. The molecule has 0 radical (unpaired) electrons. The summed E-state index contributed by atoms with van der Waals surface area (Å²) in [5, 5.41) is 0. The Morgan fingerprint density at radius 1 is 1.47 bits per heavy atom. The summed E-state index contributed by atoms with van der Waals surface area (Å²) in [5.41, 5.74) is 5.32. The first kappa shape index (κ1) is 13.1. The predicted octanol–water partition coefficient (Wildman–Crippen LogP) is 2.49. The van der Waals surface area contributed by atoms with Gasteiger partial charge >= 0.3 is 0 Å². The van der Waals surface area contributed by atoms with Gasteiger partial charge in [0, 0.05) is 12.0 Å². The largest absolute Gasteiger partial charge is 0.454 e. The average Bonchev–Trinajstić information content (AvgIpc) is 2.77. The van der Waals surface area contributed by atoms with Crippen LogP contribution in [0.5, 0.6) is 11.5 Å². The Hall–Kier alpha value is -1.97. The summed E-state index contributed by atoms with van der Waals surface area (Å²) in [7, 11) is 0. The Morgan fingerprint density at radius 3 is 2.76 bits per heavy atom. The quantitative estimate of drug-likeness (QED) is 0.817. The van der Waals surface area contributed by atoms with Crippen molar-refractivity contribution in [3.63, 3.8) is 0 Å². The van der Waals surface area contributed by atoms with Gasteiger partial charge in [0.25, 0.3) is 0 Å². The molecule has 0 spiro atoms. The van der Waals surface area contributed by atoms with Crippen LogP contribution in [0.15, 0.2) is 31.0 Å².